The van der Waals surface area contributed by atoms with Crippen molar-refractivity contribution in [1.82, 2.24) is 14.7 Å². The molecule has 0 saturated carbocycles. The summed E-state index contributed by atoms with van der Waals surface area (Å²) in [7, 11) is 0. The molecule has 2 aromatic rings. The van der Waals surface area contributed by atoms with Crippen molar-refractivity contribution in [3.8, 4) is 0 Å². The number of aryl methyl sites for hydroxylation is 1. The summed E-state index contributed by atoms with van der Waals surface area (Å²) in [6.45, 7) is 4.62. The Morgan fingerprint density at radius 3 is 2.59 bits per heavy atom. The highest BCUT2D eigenvalue weighted by Crippen LogP contribution is 2.23. The maximum atomic E-state index is 4.29. The van der Waals surface area contributed by atoms with Gasteiger partial charge in [0.2, 0.25) is 0 Å². The van der Waals surface area contributed by atoms with Crippen molar-refractivity contribution in [2.24, 2.45) is 5.92 Å². The average Bonchev–Trinajstić information content (AvgIpc) is 3.08. The van der Waals surface area contributed by atoms with E-state index in [2.05, 4.69) is 51.4 Å². The van der Waals surface area contributed by atoms with E-state index in [4.69, 9.17) is 0 Å². The highest BCUT2D eigenvalue weighted by atomic mass is 32.2. The van der Waals surface area contributed by atoms with Crippen LogP contribution >= 0.6 is 11.8 Å². The lowest BCUT2D eigenvalue weighted by Gasteiger charge is -2.32. The molecule has 22 heavy (non-hydrogen) atoms. The number of thioether (sulfide) groups is 1. The first-order chi connectivity index (χ1) is 10.8. The van der Waals surface area contributed by atoms with Crippen molar-refractivity contribution in [3.63, 3.8) is 0 Å². The molecule has 0 aliphatic carbocycles. The van der Waals surface area contributed by atoms with E-state index in [-0.39, 0.29) is 0 Å². The Morgan fingerprint density at radius 1 is 1.18 bits per heavy atom. The van der Waals surface area contributed by atoms with Crippen molar-refractivity contribution in [2.45, 2.75) is 37.2 Å². The third-order valence-electron chi connectivity index (χ3n) is 4.60. The minimum absolute atomic E-state index is 0.860. The zero-order chi connectivity index (χ0) is 15.2. The molecule has 3 nitrogen and oxygen atoms in total. The highest BCUT2D eigenvalue weighted by Gasteiger charge is 2.19. The molecule has 1 aromatic heterocycles. The van der Waals surface area contributed by atoms with Gasteiger partial charge in [0.05, 0.1) is 0 Å². The summed E-state index contributed by atoms with van der Waals surface area (Å²) in [6, 6.07) is 11.0. The highest BCUT2D eigenvalue weighted by molar-refractivity contribution is 7.98. The van der Waals surface area contributed by atoms with E-state index in [1.807, 2.05) is 24.0 Å². The topological polar surface area (TPSA) is 21.1 Å². The normalized spacial score (nSPS) is 17.0. The van der Waals surface area contributed by atoms with Gasteiger partial charge >= 0.3 is 0 Å². The zero-order valence-corrected chi connectivity index (χ0v) is 14.1. The number of aromatic nitrogens is 2. The standard InChI is InChI=1S/C18H25N3S/c1-22-18-5-3-17(4-6-18)15-20-12-7-16(8-13-20)9-14-21-11-2-10-19-21/h2-6,10-11,16H,7-9,12-15H2,1H3. The molecule has 1 aliphatic heterocycles. The fourth-order valence-electron chi connectivity index (χ4n) is 3.17. The van der Waals surface area contributed by atoms with Crippen molar-refractivity contribution in [2.75, 3.05) is 19.3 Å². The van der Waals surface area contributed by atoms with Gasteiger partial charge in [0.15, 0.2) is 0 Å². The first kappa shape index (κ1) is 15.6. The Labute approximate surface area is 137 Å². The van der Waals surface area contributed by atoms with E-state index in [9.17, 15) is 0 Å². The van der Waals surface area contributed by atoms with E-state index < -0.39 is 0 Å². The number of hydrogen-bond acceptors (Lipinski definition) is 3. The molecular formula is C18H25N3S. The van der Waals surface area contributed by atoms with Gasteiger partial charge < -0.3 is 0 Å². The van der Waals surface area contributed by atoms with Crippen LogP contribution in [0.5, 0.6) is 0 Å². The summed E-state index contributed by atoms with van der Waals surface area (Å²) in [5.74, 6) is 0.860. The fraction of sp³-hybridized carbons (Fsp3) is 0.500. The first-order valence-electron chi connectivity index (χ1n) is 8.16. The molecule has 0 spiro atoms. The Morgan fingerprint density at radius 2 is 1.95 bits per heavy atom. The number of hydrogen-bond donors (Lipinski definition) is 0. The third-order valence-corrected chi connectivity index (χ3v) is 5.34. The lowest BCUT2D eigenvalue weighted by molar-refractivity contribution is 0.168. The minimum Gasteiger partial charge on any atom is -0.299 e. The van der Waals surface area contributed by atoms with E-state index in [0.717, 1.165) is 19.0 Å². The van der Waals surface area contributed by atoms with Crippen LogP contribution in [-0.2, 0) is 13.1 Å². The van der Waals surface area contributed by atoms with Crippen molar-refractivity contribution < 1.29 is 0 Å². The number of rotatable bonds is 6. The quantitative estimate of drug-likeness (QED) is 0.754. The second-order valence-corrected chi connectivity index (χ2v) is 7.01. The average molecular weight is 315 g/mol. The largest absolute Gasteiger partial charge is 0.299 e. The van der Waals surface area contributed by atoms with Gasteiger partial charge in [-0.15, -0.1) is 11.8 Å². The van der Waals surface area contributed by atoms with Crippen LogP contribution in [0.4, 0.5) is 0 Å². The zero-order valence-electron chi connectivity index (χ0n) is 13.3. The summed E-state index contributed by atoms with van der Waals surface area (Å²) >= 11 is 1.81. The second-order valence-electron chi connectivity index (χ2n) is 6.13. The molecule has 2 heterocycles. The van der Waals surface area contributed by atoms with Gasteiger partial charge in [0.1, 0.15) is 0 Å². The molecule has 1 fully saturated rings. The molecule has 0 atom stereocenters. The number of likely N-dealkylation sites (tertiary alicyclic amines) is 1. The molecule has 1 aliphatic rings. The van der Waals surface area contributed by atoms with Gasteiger partial charge in [-0.05, 0) is 68.3 Å². The van der Waals surface area contributed by atoms with Gasteiger partial charge in [0, 0.05) is 30.4 Å². The molecule has 0 amide bonds. The lowest BCUT2D eigenvalue weighted by Crippen LogP contribution is -2.33. The molecule has 0 bridgehead atoms. The molecule has 118 valence electrons. The fourth-order valence-corrected chi connectivity index (χ4v) is 3.58. The molecule has 0 unspecified atom stereocenters. The second kappa shape index (κ2) is 7.84. The molecule has 1 aromatic carbocycles. The molecule has 0 radical (unpaired) electrons. The van der Waals surface area contributed by atoms with Gasteiger partial charge in [-0.25, -0.2) is 0 Å². The molecule has 1 saturated heterocycles. The third kappa shape index (κ3) is 4.37. The summed E-state index contributed by atoms with van der Waals surface area (Å²) in [4.78, 5) is 3.94. The van der Waals surface area contributed by atoms with Crippen LogP contribution in [-0.4, -0.2) is 34.0 Å². The predicted octanol–water partition coefficient (Wildman–Crippen LogP) is 3.91. The lowest BCUT2D eigenvalue weighted by atomic mass is 9.93. The molecular weight excluding hydrogens is 290 g/mol. The van der Waals surface area contributed by atoms with Crippen molar-refractivity contribution >= 4 is 11.8 Å². The summed E-state index contributed by atoms with van der Waals surface area (Å²) in [6.07, 6.45) is 9.97. The van der Waals surface area contributed by atoms with E-state index in [1.54, 1.807) is 0 Å². The monoisotopic (exact) mass is 315 g/mol. The van der Waals surface area contributed by atoms with Crippen LogP contribution in [0.25, 0.3) is 0 Å². The Balaban J connectivity index is 1.41. The Kier molecular flexibility index (Phi) is 5.57. The summed E-state index contributed by atoms with van der Waals surface area (Å²) in [5, 5.41) is 4.29. The summed E-state index contributed by atoms with van der Waals surface area (Å²) in [5.41, 5.74) is 1.44. The molecule has 4 heteroatoms. The van der Waals surface area contributed by atoms with E-state index >= 15 is 0 Å². The van der Waals surface area contributed by atoms with Crippen molar-refractivity contribution in [1.29, 1.82) is 0 Å². The predicted molar refractivity (Wildman–Crippen MR) is 93.1 cm³/mol. The van der Waals surface area contributed by atoms with Crippen LogP contribution in [0.15, 0.2) is 47.6 Å². The molecule has 0 N–H and O–H groups in total. The van der Waals surface area contributed by atoms with Crippen molar-refractivity contribution in [3.05, 3.63) is 48.3 Å². The van der Waals surface area contributed by atoms with Gasteiger partial charge in [-0.3, -0.25) is 9.58 Å². The van der Waals surface area contributed by atoms with E-state index in [0.29, 0.717) is 0 Å². The van der Waals surface area contributed by atoms with Crippen LogP contribution in [0, 0.1) is 5.92 Å². The van der Waals surface area contributed by atoms with E-state index in [1.165, 1.54) is 42.8 Å². The maximum Gasteiger partial charge on any atom is 0.0489 e. The van der Waals surface area contributed by atoms with Crippen LogP contribution < -0.4 is 0 Å². The molecule has 3 rings (SSSR count). The van der Waals surface area contributed by atoms with Crippen LogP contribution in [0.3, 0.4) is 0 Å². The van der Waals surface area contributed by atoms with Gasteiger partial charge in [0.25, 0.3) is 0 Å². The van der Waals surface area contributed by atoms with Crippen LogP contribution in [0.2, 0.25) is 0 Å². The Bertz CT molecular complexity index is 542. The first-order valence-corrected chi connectivity index (χ1v) is 9.38. The Hall–Kier alpha value is -1.26. The number of nitrogens with zero attached hydrogens (tertiary/aromatic N) is 3. The SMILES string of the molecule is CSc1ccc(CN2CCC(CCn3cccn3)CC2)cc1. The summed E-state index contributed by atoms with van der Waals surface area (Å²) < 4.78 is 2.06. The maximum absolute atomic E-state index is 4.29. The van der Waals surface area contributed by atoms with Crippen LogP contribution in [0.1, 0.15) is 24.8 Å². The number of piperidine rings is 1. The van der Waals surface area contributed by atoms with Gasteiger partial charge in [-0.2, -0.15) is 5.10 Å². The smallest absolute Gasteiger partial charge is 0.0489 e. The number of benzene rings is 1. The van der Waals surface area contributed by atoms with Gasteiger partial charge in [-0.1, -0.05) is 12.1 Å². The minimum atomic E-state index is 0.860.